The highest BCUT2D eigenvalue weighted by atomic mass is 31.3. The van der Waals surface area contributed by atoms with Crippen molar-refractivity contribution in [3.8, 4) is 0 Å². The molecule has 0 rings (SSSR count). The maximum Gasteiger partial charge on any atom is 0.483 e. The van der Waals surface area contributed by atoms with Crippen LogP contribution in [-0.4, -0.2) is 23.0 Å². The van der Waals surface area contributed by atoms with E-state index < -0.39 is 15.6 Å². The standard InChI is InChI=1S/C32H68O7P2/c1-9-27(3)15-11-17-29(5)19-13-21-31(7)23-25-37-41(36,39-40(33,34)35)38-26-24-32(8)22-14-20-30(6)18-12-16-28(4)10-2/h27-32H,9-26H2,1-8H3,(H2,33,34,35). The first-order valence-electron chi connectivity index (χ1n) is 16.9. The van der Waals surface area contributed by atoms with E-state index >= 15 is 0 Å². The third-order valence-electron chi connectivity index (χ3n) is 8.90. The Morgan fingerprint density at radius 3 is 1.02 bits per heavy atom. The van der Waals surface area contributed by atoms with Gasteiger partial charge in [0.1, 0.15) is 0 Å². The molecule has 41 heavy (non-hydrogen) atoms. The van der Waals surface area contributed by atoms with E-state index in [2.05, 4.69) is 59.7 Å². The summed E-state index contributed by atoms with van der Waals surface area (Å²) in [6.07, 6.45) is 18.3. The molecular formula is C32H68O7P2. The molecule has 0 aromatic carbocycles. The van der Waals surface area contributed by atoms with Gasteiger partial charge in [0, 0.05) is 0 Å². The lowest BCUT2D eigenvalue weighted by Gasteiger charge is -2.20. The van der Waals surface area contributed by atoms with Crippen molar-refractivity contribution < 1.29 is 32.3 Å². The van der Waals surface area contributed by atoms with Gasteiger partial charge in [0.05, 0.1) is 13.2 Å². The molecule has 0 saturated heterocycles. The summed E-state index contributed by atoms with van der Waals surface area (Å²) in [6, 6.07) is 0. The second-order valence-corrected chi connectivity index (χ2v) is 16.5. The molecule has 9 heteroatoms. The Labute approximate surface area is 254 Å². The molecule has 7 nitrogen and oxygen atoms in total. The molecule has 0 fully saturated rings. The number of hydrogen-bond acceptors (Lipinski definition) is 5. The minimum Gasteiger partial charge on any atom is -0.302 e. The van der Waals surface area contributed by atoms with Crippen molar-refractivity contribution in [1.82, 2.24) is 0 Å². The van der Waals surface area contributed by atoms with E-state index in [4.69, 9.17) is 9.05 Å². The van der Waals surface area contributed by atoms with Crippen molar-refractivity contribution in [2.75, 3.05) is 13.2 Å². The molecule has 2 N–H and O–H groups in total. The lowest BCUT2D eigenvalue weighted by Crippen LogP contribution is -2.07. The van der Waals surface area contributed by atoms with Gasteiger partial charge in [-0.25, -0.2) is 9.13 Å². The van der Waals surface area contributed by atoms with Gasteiger partial charge in [-0.05, 0) is 48.3 Å². The van der Waals surface area contributed by atoms with Crippen LogP contribution in [0.15, 0.2) is 0 Å². The van der Waals surface area contributed by atoms with Gasteiger partial charge in [0.2, 0.25) is 0 Å². The van der Waals surface area contributed by atoms with Gasteiger partial charge in [0.15, 0.2) is 0 Å². The van der Waals surface area contributed by atoms with Crippen LogP contribution in [-0.2, 0) is 22.5 Å². The van der Waals surface area contributed by atoms with Crippen molar-refractivity contribution in [2.24, 2.45) is 35.5 Å². The quantitative estimate of drug-likeness (QED) is 0.0833. The van der Waals surface area contributed by atoms with Crippen LogP contribution >= 0.6 is 15.6 Å². The lowest BCUT2D eigenvalue weighted by atomic mass is 9.92. The normalized spacial score (nSPS) is 18.4. The van der Waals surface area contributed by atoms with Crippen molar-refractivity contribution in [3.63, 3.8) is 0 Å². The van der Waals surface area contributed by atoms with Crippen LogP contribution in [0, 0.1) is 35.5 Å². The maximum atomic E-state index is 13.0. The molecule has 0 radical (unpaired) electrons. The van der Waals surface area contributed by atoms with E-state index in [1.807, 2.05) is 0 Å². The third-order valence-corrected chi connectivity index (χ3v) is 11.5. The Balaban J connectivity index is 4.32. The molecule has 0 aliphatic heterocycles. The second kappa shape index (κ2) is 23.6. The first-order valence-corrected chi connectivity index (χ1v) is 19.8. The van der Waals surface area contributed by atoms with Gasteiger partial charge in [0.25, 0.3) is 0 Å². The SMILES string of the molecule is CCC(C)CCCC(C)CCCC(C)CCOP(=O)(OCCC(C)CCCC(C)CCCC(C)CC)OP(=O)(O)O. The minimum absolute atomic E-state index is 0.0768. The first kappa shape index (κ1) is 41.3. The van der Waals surface area contributed by atoms with Gasteiger partial charge in [-0.2, -0.15) is 4.31 Å². The third kappa shape index (κ3) is 25.3. The predicted molar refractivity (Wildman–Crippen MR) is 173 cm³/mol. The van der Waals surface area contributed by atoms with Crippen LogP contribution in [0.4, 0.5) is 0 Å². The van der Waals surface area contributed by atoms with Crippen LogP contribution in [0.1, 0.15) is 158 Å². The highest BCUT2D eigenvalue weighted by molar-refractivity contribution is 7.61. The molecule has 0 heterocycles. The summed E-state index contributed by atoms with van der Waals surface area (Å²) in [4.78, 5) is 18.5. The molecule has 0 aliphatic rings. The average Bonchev–Trinajstić information content (AvgIpc) is 2.87. The zero-order chi connectivity index (χ0) is 31.3. The second-order valence-electron chi connectivity index (χ2n) is 13.4. The van der Waals surface area contributed by atoms with Crippen molar-refractivity contribution >= 4 is 15.6 Å². The molecule has 0 saturated carbocycles. The summed E-state index contributed by atoms with van der Waals surface area (Å²) in [6.45, 7) is 18.2. The number of phosphoric acid groups is 2. The molecule has 0 aromatic rings. The number of rotatable bonds is 28. The Morgan fingerprint density at radius 2 is 0.756 bits per heavy atom. The van der Waals surface area contributed by atoms with Gasteiger partial charge >= 0.3 is 15.6 Å². The fourth-order valence-electron chi connectivity index (χ4n) is 5.19. The van der Waals surface area contributed by atoms with Crippen LogP contribution in [0.25, 0.3) is 0 Å². The predicted octanol–water partition coefficient (Wildman–Crippen LogP) is 11.3. The van der Waals surface area contributed by atoms with E-state index in [-0.39, 0.29) is 13.2 Å². The molecule has 0 bridgehead atoms. The van der Waals surface area contributed by atoms with Crippen molar-refractivity contribution in [1.29, 1.82) is 0 Å². The van der Waals surface area contributed by atoms with E-state index in [1.165, 1.54) is 64.2 Å². The number of hydrogen-bond donors (Lipinski definition) is 2. The van der Waals surface area contributed by atoms with Gasteiger partial charge in [-0.1, -0.05) is 145 Å². The van der Waals surface area contributed by atoms with E-state index in [0.29, 0.717) is 24.7 Å². The van der Waals surface area contributed by atoms with Crippen molar-refractivity contribution in [2.45, 2.75) is 158 Å². The largest absolute Gasteiger partial charge is 0.483 e. The smallest absolute Gasteiger partial charge is 0.302 e. The lowest BCUT2D eigenvalue weighted by molar-refractivity contribution is 0.128. The Kier molecular flexibility index (Phi) is 23.8. The van der Waals surface area contributed by atoms with Crippen molar-refractivity contribution in [3.05, 3.63) is 0 Å². The Hall–Kier alpha value is 0.260. The summed E-state index contributed by atoms with van der Waals surface area (Å²) < 4.78 is 39.7. The Morgan fingerprint density at radius 1 is 0.488 bits per heavy atom. The minimum atomic E-state index is -5.02. The molecule has 248 valence electrons. The maximum absolute atomic E-state index is 13.0. The number of phosphoric ester groups is 1. The molecule has 0 aromatic heterocycles. The molecule has 6 atom stereocenters. The topological polar surface area (TPSA) is 102 Å². The van der Waals surface area contributed by atoms with Crippen LogP contribution in [0.3, 0.4) is 0 Å². The summed E-state index contributed by atoms with van der Waals surface area (Å²) in [5.74, 6) is 3.77. The zero-order valence-corrected chi connectivity index (χ0v) is 29.8. The van der Waals surface area contributed by atoms with E-state index in [0.717, 1.165) is 49.4 Å². The fraction of sp³-hybridized carbons (Fsp3) is 1.00. The molecule has 0 spiro atoms. The van der Waals surface area contributed by atoms with Gasteiger partial charge in [-0.3, -0.25) is 9.05 Å². The highest BCUT2D eigenvalue weighted by Crippen LogP contribution is 2.61. The summed E-state index contributed by atoms with van der Waals surface area (Å²) in [5, 5.41) is 0. The summed E-state index contributed by atoms with van der Waals surface area (Å²) >= 11 is 0. The monoisotopic (exact) mass is 626 g/mol. The highest BCUT2D eigenvalue weighted by Gasteiger charge is 2.36. The molecular weight excluding hydrogens is 558 g/mol. The molecule has 0 amide bonds. The van der Waals surface area contributed by atoms with Gasteiger partial charge in [-0.15, -0.1) is 0 Å². The average molecular weight is 627 g/mol. The summed E-state index contributed by atoms with van der Waals surface area (Å²) in [5.41, 5.74) is 0. The summed E-state index contributed by atoms with van der Waals surface area (Å²) in [7, 11) is -9.37. The zero-order valence-electron chi connectivity index (χ0n) is 28.0. The van der Waals surface area contributed by atoms with E-state index in [1.54, 1.807) is 0 Å². The first-order chi connectivity index (χ1) is 19.2. The van der Waals surface area contributed by atoms with Gasteiger partial charge < -0.3 is 9.79 Å². The van der Waals surface area contributed by atoms with Crippen LogP contribution in [0.2, 0.25) is 0 Å². The fourth-order valence-corrected chi connectivity index (χ4v) is 7.34. The molecule has 6 unspecified atom stereocenters. The van der Waals surface area contributed by atoms with E-state index in [9.17, 15) is 18.9 Å². The molecule has 0 aliphatic carbocycles. The van der Waals surface area contributed by atoms with Crippen LogP contribution in [0.5, 0.6) is 0 Å². The Bertz CT molecular complexity index is 670. The van der Waals surface area contributed by atoms with Crippen LogP contribution < -0.4 is 0 Å².